The summed E-state index contributed by atoms with van der Waals surface area (Å²) in [5.74, 6) is -0.577. The molecule has 1 unspecified atom stereocenters. The first-order valence-corrected chi connectivity index (χ1v) is 14.5. The van der Waals surface area contributed by atoms with E-state index in [-0.39, 0.29) is 5.91 Å². The Kier molecular flexibility index (Phi) is 22.4. The second-order valence-corrected chi connectivity index (χ2v) is 9.79. The van der Waals surface area contributed by atoms with Gasteiger partial charge in [0.2, 0.25) is 5.91 Å². The van der Waals surface area contributed by atoms with Gasteiger partial charge in [-0.1, -0.05) is 50.5 Å². The molecular formula is C31H54N4O4. The summed E-state index contributed by atoms with van der Waals surface area (Å²) in [5, 5.41) is 11.7. The number of aliphatic carboxylic acids is 1. The van der Waals surface area contributed by atoms with Gasteiger partial charge in [0.25, 0.3) is 5.97 Å². The van der Waals surface area contributed by atoms with Crippen LogP contribution in [-0.4, -0.2) is 75.4 Å². The molecule has 1 heterocycles. The molecular weight excluding hydrogens is 492 g/mol. The molecule has 0 aliphatic heterocycles. The van der Waals surface area contributed by atoms with Gasteiger partial charge in [0.1, 0.15) is 0 Å². The van der Waals surface area contributed by atoms with Gasteiger partial charge in [-0.05, 0) is 58.6 Å². The number of hydrogen-bond donors (Lipinski definition) is 1. The summed E-state index contributed by atoms with van der Waals surface area (Å²) in [7, 11) is 0. The Morgan fingerprint density at radius 1 is 1.10 bits per heavy atom. The molecule has 0 saturated heterocycles. The molecule has 0 radical (unpaired) electrons. The largest absolute Gasteiger partial charge is 0.501 e. The molecule has 8 nitrogen and oxygen atoms in total. The highest BCUT2D eigenvalue weighted by molar-refractivity contribution is 5.78. The molecule has 0 aromatic carbocycles. The molecule has 1 aromatic rings. The summed E-state index contributed by atoms with van der Waals surface area (Å²) in [6, 6.07) is 2.25. The Balaban J connectivity index is 0.00000336. The van der Waals surface area contributed by atoms with E-state index in [2.05, 4.69) is 61.7 Å². The molecule has 0 aliphatic carbocycles. The first kappa shape index (κ1) is 36.1. The third-order valence-electron chi connectivity index (χ3n) is 6.32. The van der Waals surface area contributed by atoms with Crippen molar-refractivity contribution in [3.8, 4) is 0 Å². The smallest absolute Gasteiger partial charge is 0.300 e. The molecule has 0 fully saturated rings. The van der Waals surface area contributed by atoms with Crippen LogP contribution in [0.3, 0.4) is 0 Å². The number of nitrogens with zero attached hydrogens (tertiary/aromatic N) is 4. The lowest BCUT2D eigenvalue weighted by atomic mass is 10.1. The maximum Gasteiger partial charge on any atom is 0.300 e. The number of amides is 1. The molecule has 1 amide bonds. The van der Waals surface area contributed by atoms with Crippen LogP contribution in [0.5, 0.6) is 0 Å². The molecule has 0 spiro atoms. The van der Waals surface area contributed by atoms with Gasteiger partial charge >= 0.3 is 0 Å². The van der Waals surface area contributed by atoms with Gasteiger partial charge in [-0.15, -0.1) is 0 Å². The van der Waals surface area contributed by atoms with Crippen LogP contribution < -0.4 is 0 Å². The molecule has 1 rings (SSSR count). The number of unbranched alkanes of at least 4 members (excludes halogenated alkanes) is 2. The Labute approximate surface area is 237 Å². The Morgan fingerprint density at radius 2 is 1.77 bits per heavy atom. The number of carbonyl (C=O) groups is 2. The van der Waals surface area contributed by atoms with Crippen LogP contribution >= 0.6 is 0 Å². The summed E-state index contributed by atoms with van der Waals surface area (Å²) in [5.41, 5.74) is 1.34. The highest BCUT2D eigenvalue weighted by Gasteiger charge is 2.20. The maximum atomic E-state index is 13.2. The van der Waals surface area contributed by atoms with E-state index in [0.717, 1.165) is 78.0 Å². The normalized spacial score (nSPS) is 12.5. The van der Waals surface area contributed by atoms with Gasteiger partial charge in [-0.3, -0.25) is 19.2 Å². The summed E-state index contributed by atoms with van der Waals surface area (Å²) in [6.07, 6.45) is 21.0. The van der Waals surface area contributed by atoms with Crippen molar-refractivity contribution in [1.29, 1.82) is 0 Å². The first-order valence-electron chi connectivity index (χ1n) is 14.5. The molecule has 0 bridgehead atoms. The number of carboxylic acid groups (broad SMARTS) is 1. The highest BCUT2D eigenvalue weighted by Crippen LogP contribution is 2.10. The van der Waals surface area contributed by atoms with Gasteiger partial charge < -0.3 is 14.7 Å². The first-order chi connectivity index (χ1) is 18.7. The van der Waals surface area contributed by atoms with E-state index in [1.807, 2.05) is 35.3 Å². The van der Waals surface area contributed by atoms with Gasteiger partial charge in [0.15, 0.2) is 0 Å². The van der Waals surface area contributed by atoms with Crippen LogP contribution in [0.15, 0.2) is 54.6 Å². The van der Waals surface area contributed by atoms with E-state index >= 15 is 0 Å². The molecule has 39 heavy (non-hydrogen) atoms. The average molecular weight is 547 g/mol. The Bertz CT molecular complexity index is 822. The number of ether oxygens (including phenoxy) is 1. The SMILES string of the molecule is C/C=C(\C)CCO/C=C/C=C/CCN(CC(=O)N(CCCC)CCCC)C(C)CCn1cccn1.CC(=O)O. The highest BCUT2D eigenvalue weighted by atomic mass is 16.5. The Hall–Kier alpha value is -2.87. The predicted molar refractivity (Wildman–Crippen MR) is 160 cm³/mol. The van der Waals surface area contributed by atoms with Crippen LogP contribution in [0, 0.1) is 0 Å². The molecule has 0 saturated carbocycles. The monoisotopic (exact) mass is 546 g/mol. The predicted octanol–water partition coefficient (Wildman–Crippen LogP) is 6.32. The van der Waals surface area contributed by atoms with Crippen molar-refractivity contribution in [2.45, 2.75) is 99.1 Å². The fourth-order valence-corrected chi connectivity index (χ4v) is 3.67. The van der Waals surface area contributed by atoms with Crippen molar-refractivity contribution in [2.24, 2.45) is 0 Å². The summed E-state index contributed by atoms with van der Waals surface area (Å²) < 4.78 is 7.51. The van der Waals surface area contributed by atoms with Crippen molar-refractivity contribution in [3.63, 3.8) is 0 Å². The molecule has 1 N–H and O–H groups in total. The van der Waals surface area contributed by atoms with Gasteiger partial charge in [-0.2, -0.15) is 5.10 Å². The minimum Gasteiger partial charge on any atom is -0.501 e. The van der Waals surface area contributed by atoms with Gasteiger partial charge in [-0.25, -0.2) is 0 Å². The van der Waals surface area contributed by atoms with Crippen LogP contribution in [-0.2, 0) is 20.9 Å². The summed E-state index contributed by atoms with van der Waals surface area (Å²) in [4.78, 5) is 26.6. The maximum absolute atomic E-state index is 13.2. The lowest BCUT2D eigenvalue weighted by Gasteiger charge is -2.31. The molecule has 222 valence electrons. The van der Waals surface area contributed by atoms with E-state index in [1.54, 1.807) is 6.26 Å². The second-order valence-electron chi connectivity index (χ2n) is 9.79. The Morgan fingerprint density at radius 3 is 2.33 bits per heavy atom. The van der Waals surface area contributed by atoms with E-state index in [9.17, 15) is 4.79 Å². The van der Waals surface area contributed by atoms with Crippen molar-refractivity contribution in [1.82, 2.24) is 19.6 Å². The third-order valence-corrected chi connectivity index (χ3v) is 6.32. The summed E-state index contributed by atoms with van der Waals surface area (Å²) in [6.45, 7) is 16.5. The molecule has 1 atom stereocenters. The molecule has 1 aromatic heterocycles. The van der Waals surface area contributed by atoms with Crippen molar-refractivity contribution < 1.29 is 19.4 Å². The summed E-state index contributed by atoms with van der Waals surface area (Å²) >= 11 is 0. The van der Waals surface area contributed by atoms with Crippen LogP contribution in [0.4, 0.5) is 0 Å². The number of allylic oxidation sites excluding steroid dienone is 3. The lowest BCUT2D eigenvalue weighted by Crippen LogP contribution is -2.45. The van der Waals surface area contributed by atoms with E-state index in [4.69, 9.17) is 14.6 Å². The molecule has 8 heteroatoms. The third kappa shape index (κ3) is 20.7. The van der Waals surface area contributed by atoms with E-state index < -0.39 is 5.97 Å². The fourth-order valence-electron chi connectivity index (χ4n) is 3.67. The number of aromatic nitrogens is 2. The number of rotatable bonds is 20. The standard InChI is InChI=1S/C29H50N4O2.C2H4O2/c1-6-9-19-31(20-10-7-2)29(34)26-32(28(5)16-23-33-22-15-18-30-33)21-13-11-12-14-24-35-25-17-27(4)8-3;1-2(3)4/h8,11-12,14-15,18,22,24,28H,6-7,9-10,13,16-17,19-21,23,25-26H2,1-5H3;1H3,(H,3,4)/b12-11+,24-14+,27-8+;. The fraction of sp³-hybridized carbons (Fsp3) is 0.645. The van der Waals surface area contributed by atoms with Crippen LogP contribution in [0.25, 0.3) is 0 Å². The number of carbonyl (C=O) groups excluding carboxylic acids is 1. The molecule has 0 aliphatic rings. The van der Waals surface area contributed by atoms with Crippen LogP contribution in [0.1, 0.15) is 86.5 Å². The van der Waals surface area contributed by atoms with E-state index in [0.29, 0.717) is 19.2 Å². The minimum absolute atomic E-state index is 0.256. The van der Waals surface area contributed by atoms with Crippen molar-refractivity contribution >= 4 is 11.9 Å². The van der Waals surface area contributed by atoms with Gasteiger partial charge in [0, 0.05) is 58.0 Å². The second kappa shape index (κ2) is 24.2. The minimum atomic E-state index is -0.833. The number of hydrogen-bond acceptors (Lipinski definition) is 5. The zero-order valence-electron chi connectivity index (χ0n) is 25.3. The van der Waals surface area contributed by atoms with Crippen molar-refractivity contribution in [3.05, 3.63) is 54.6 Å². The number of carboxylic acids is 1. The lowest BCUT2D eigenvalue weighted by molar-refractivity contribution is -0.134. The quantitative estimate of drug-likeness (QED) is 0.0892. The van der Waals surface area contributed by atoms with Gasteiger partial charge in [0.05, 0.1) is 19.4 Å². The van der Waals surface area contributed by atoms with E-state index in [1.165, 1.54) is 5.57 Å². The van der Waals surface area contributed by atoms with Crippen LogP contribution in [0.2, 0.25) is 0 Å². The topological polar surface area (TPSA) is 87.9 Å². The zero-order valence-corrected chi connectivity index (χ0v) is 25.3. The zero-order chi connectivity index (χ0) is 29.3. The average Bonchev–Trinajstić information content (AvgIpc) is 3.43. The van der Waals surface area contributed by atoms with Crippen molar-refractivity contribution in [2.75, 3.05) is 32.8 Å². The number of aryl methyl sites for hydroxylation is 1.